The predicted molar refractivity (Wildman–Crippen MR) is 92.6 cm³/mol. The summed E-state index contributed by atoms with van der Waals surface area (Å²) >= 11 is 0. The van der Waals surface area contributed by atoms with E-state index in [-0.39, 0.29) is 0 Å². The number of hydrogen-bond acceptors (Lipinski definition) is 4. The molecule has 0 saturated carbocycles. The average molecular weight is 318 g/mol. The summed E-state index contributed by atoms with van der Waals surface area (Å²) < 4.78 is 0. The highest BCUT2D eigenvalue weighted by Crippen LogP contribution is 2.16. The summed E-state index contributed by atoms with van der Waals surface area (Å²) in [6.07, 6.45) is 3.03. The minimum absolute atomic E-state index is 0.302. The first-order valence-corrected chi connectivity index (χ1v) is 7.27. The highest BCUT2D eigenvalue weighted by molar-refractivity contribution is 6.39. The van der Waals surface area contributed by atoms with Crippen LogP contribution in [0.1, 0.15) is 5.56 Å². The van der Waals surface area contributed by atoms with Crippen LogP contribution in [0, 0.1) is 0 Å². The van der Waals surface area contributed by atoms with Crippen LogP contribution in [0.4, 0.5) is 5.82 Å². The fourth-order valence-electron chi connectivity index (χ4n) is 2.18. The number of rotatable bonds is 3. The van der Waals surface area contributed by atoms with Gasteiger partial charge < -0.3 is 5.32 Å². The lowest BCUT2D eigenvalue weighted by Crippen LogP contribution is -2.32. The van der Waals surface area contributed by atoms with Crippen molar-refractivity contribution in [2.24, 2.45) is 5.10 Å². The van der Waals surface area contributed by atoms with Crippen LogP contribution in [0.3, 0.4) is 0 Å². The zero-order chi connectivity index (χ0) is 16.8. The second-order valence-corrected chi connectivity index (χ2v) is 4.94. The van der Waals surface area contributed by atoms with Crippen molar-refractivity contribution in [3.63, 3.8) is 0 Å². The Balaban J connectivity index is 1.65. The molecule has 24 heavy (non-hydrogen) atoms. The summed E-state index contributed by atoms with van der Waals surface area (Å²) in [7, 11) is 0. The lowest BCUT2D eigenvalue weighted by Gasteiger charge is -2.03. The molecule has 0 aliphatic heterocycles. The summed E-state index contributed by atoms with van der Waals surface area (Å²) in [6, 6.07) is 18.6. The third-order valence-electron chi connectivity index (χ3n) is 3.31. The van der Waals surface area contributed by atoms with Crippen LogP contribution in [-0.4, -0.2) is 23.0 Å². The highest BCUT2D eigenvalue weighted by atomic mass is 16.2. The lowest BCUT2D eigenvalue weighted by molar-refractivity contribution is -0.136. The molecule has 0 radical (unpaired) electrons. The molecule has 0 fully saturated rings. The molecule has 0 unspecified atom stereocenters. The lowest BCUT2D eigenvalue weighted by atomic mass is 10.1. The van der Waals surface area contributed by atoms with E-state index in [4.69, 9.17) is 0 Å². The molecular weight excluding hydrogens is 304 g/mol. The SMILES string of the molecule is O=C(N/N=C/c1cccc2ccccc12)C(=O)Nc1ccccn1. The number of carbonyl (C=O) groups excluding carboxylic acids is 2. The van der Waals surface area contributed by atoms with E-state index >= 15 is 0 Å². The first-order chi connectivity index (χ1) is 11.7. The molecule has 0 saturated heterocycles. The highest BCUT2D eigenvalue weighted by Gasteiger charge is 2.13. The molecular formula is C18H14N4O2. The number of fused-ring (bicyclic) bond motifs is 1. The Kier molecular flexibility index (Phi) is 4.57. The van der Waals surface area contributed by atoms with Gasteiger partial charge >= 0.3 is 11.8 Å². The maximum absolute atomic E-state index is 11.7. The molecule has 6 nitrogen and oxygen atoms in total. The van der Waals surface area contributed by atoms with Gasteiger partial charge in [-0.25, -0.2) is 10.4 Å². The summed E-state index contributed by atoms with van der Waals surface area (Å²) in [5, 5.41) is 8.31. The third kappa shape index (κ3) is 3.61. The summed E-state index contributed by atoms with van der Waals surface area (Å²) in [5.41, 5.74) is 3.05. The van der Waals surface area contributed by atoms with Gasteiger partial charge in [-0.2, -0.15) is 5.10 Å². The smallest absolute Gasteiger partial charge is 0.302 e. The van der Waals surface area contributed by atoms with Gasteiger partial charge in [-0.15, -0.1) is 0 Å². The Morgan fingerprint density at radius 3 is 2.54 bits per heavy atom. The molecule has 1 heterocycles. The molecule has 0 aliphatic rings. The van der Waals surface area contributed by atoms with Crippen molar-refractivity contribution in [3.05, 3.63) is 72.4 Å². The fraction of sp³-hybridized carbons (Fsp3) is 0. The van der Waals surface area contributed by atoms with E-state index < -0.39 is 11.8 Å². The minimum Gasteiger partial charge on any atom is -0.302 e. The zero-order valence-electron chi connectivity index (χ0n) is 12.6. The molecule has 6 heteroatoms. The molecule has 1 aromatic heterocycles. The van der Waals surface area contributed by atoms with Gasteiger partial charge in [0.15, 0.2) is 0 Å². The molecule has 3 aromatic rings. The van der Waals surface area contributed by atoms with Crippen LogP contribution in [0.5, 0.6) is 0 Å². The number of hydrazone groups is 1. The molecule has 0 aliphatic carbocycles. The molecule has 0 atom stereocenters. The van der Waals surface area contributed by atoms with E-state index in [1.54, 1.807) is 18.2 Å². The largest absolute Gasteiger partial charge is 0.329 e. The van der Waals surface area contributed by atoms with E-state index in [9.17, 15) is 9.59 Å². The van der Waals surface area contributed by atoms with Crippen molar-refractivity contribution in [2.75, 3.05) is 5.32 Å². The molecule has 3 rings (SSSR count). The van der Waals surface area contributed by atoms with Crippen molar-refractivity contribution in [1.82, 2.24) is 10.4 Å². The normalized spacial score (nSPS) is 10.7. The number of benzene rings is 2. The van der Waals surface area contributed by atoms with E-state index in [0.29, 0.717) is 5.82 Å². The molecule has 0 bridgehead atoms. The molecule has 2 amide bonds. The Hall–Kier alpha value is -3.54. The van der Waals surface area contributed by atoms with Crippen molar-refractivity contribution >= 4 is 34.6 Å². The first-order valence-electron chi connectivity index (χ1n) is 7.27. The fourth-order valence-corrected chi connectivity index (χ4v) is 2.18. The number of nitrogens with zero attached hydrogens (tertiary/aromatic N) is 2. The Morgan fingerprint density at radius 1 is 0.917 bits per heavy atom. The molecule has 0 spiro atoms. The van der Waals surface area contributed by atoms with Crippen molar-refractivity contribution in [2.45, 2.75) is 0 Å². The van der Waals surface area contributed by atoms with Crippen LogP contribution in [0.2, 0.25) is 0 Å². The number of aromatic nitrogens is 1. The number of anilines is 1. The maximum atomic E-state index is 11.7. The number of amides is 2. The topological polar surface area (TPSA) is 83.5 Å². The second kappa shape index (κ2) is 7.15. The van der Waals surface area contributed by atoms with Gasteiger partial charge in [0.1, 0.15) is 5.82 Å². The van der Waals surface area contributed by atoms with E-state index in [1.165, 1.54) is 12.4 Å². The zero-order valence-corrected chi connectivity index (χ0v) is 12.6. The predicted octanol–water partition coefficient (Wildman–Crippen LogP) is 2.32. The first kappa shape index (κ1) is 15.4. The monoisotopic (exact) mass is 318 g/mol. The minimum atomic E-state index is -0.864. The van der Waals surface area contributed by atoms with E-state index in [0.717, 1.165) is 16.3 Å². The Morgan fingerprint density at radius 2 is 1.71 bits per heavy atom. The maximum Gasteiger partial charge on any atom is 0.329 e. The van der Waals surface area contributed by atoms with Crippen molar-refractivity contribution < 1.29 is 9.59 Å². The van der Waals surface area contributed by atoms with Gasteiger partial charge in [-0.3, -0.25) is 9.59 Å². The van der Waals surface area contributed by atoms with Crippen LogP contribution >= 0.6 is 0 Å². The van der Waals surface area contributed by atoms with Crippen molar-refractivity contribution in [3.8, 4) is 0 Å². The number of pyridine rings is 1. The van der Waals surface area contributed by atoms with Crippen LogP contribution in [0.25, 0.3) is 10.8 Å². The summed E-state index contributed by atoms with van der Waals surface area (Å²) in [4.78, 5) is 27.4. The quantitative estimate of drug-likeness (QED) is 0.441. The Bertz CT molecular complexity index is 902. The van der Waals surface area contributed by atoms with E-state index in [2.05, 4.69) is 20.8 Å². The second-order valence-electron chi connectivity index (χ2n) is 4.94. The van der Waals surface area contributed by atoms with Gasteiger partial charge in [0, 0.05) is 11.8 Å². The van der Waals surface area contributed by atoms with Crippen LogP contribution < -0.4 is 10.7 Å². The van der Waals surface area contributed by atoms with Crippen LogP contribution in [-0.2, 0) is 9.59 Å². The van der Waals surface area contributed by atoms with Gasteiger partial charge in [0.25, 0.3) is 0 Å². The van der Waals surface area contributed by atoms with Gasteiger partial charge in [0.2, 0.25) is 0 Å². The van der Waals surface area contributed by atoms with Gasteiger partial charge in [0.05, 0.1) is 6.21 Å². The van der Waals surface area contributed by atoms with Gasteiger partial charge in [-0.1, -0.05) is 48.5 Å². The molecule has 2 aromatic carbocycles. The average Bonchev–Trinajstić information content (AvgIpc) is 2.62. The molecule has 118 valence electrons. The number of carbonyl (C=O) groups is 2. The van der Waals surface area contributed by atoms with E-state index in [1.807, 2.05) is 42.5 Å². The molecule has 2 N–H and O–H groups in total. The van der Waals surface area contributed by atoms with Gasteiger partial charge in [-0.05, 0) is 22.9 Å². The summed E-state index contributed by atoms with van der Waals surface area (Å²) in [6.45, 7) is 0. The number of hydrogen-bond donors (Lipinski definition) is 2. The number of nitrogens with one attached hydrogen (secondary N) is 2. The summed E-state index contributed by atoms with van der Waals surface area (Å²) in [5.74, 6) is -1.39. The van der Waals surface area contributed by atoms with Crippen LogP contribution in [0.15, 0.2) is 72.0 Å². The Labute approximate surface area is 138 Å². The third-order valence-corrected chi connectivity index (χ3v) is 3.31. The van der Waals surface area contributed by atoms with Crippen molar-refractivity contribution in [1.29, 1.82) is 0 Å². The standard InChI is InChI=1S/C18H14N4O2/c23-17(21-16-10-3-4-11-19-16)18(24)22-20-12-14-8-5-7-13-6-1-2-9-15(13)14/h1-12H,(H,22,24)(H,19,21,23)/b20-12+.